The molecule has 0 atom stereocenters. The van der Waals surface area contributed by atoms with Crippen molar-refractivity contribution in [1.29, 1.82) is 0 Å². The van der Waals surface area contributed by atoms with Crippen molar-refractivity contribution < 1.29 is 15.4 Å². The fraction of sp³-hybridized carbons (Fsp3) is 0. The molecule has 9 aromatic carbocycles. The molecule has 1 aromatic heterocycles. The van der Waals surface area contributed by atoms with Gasteiger partial charge in [-0.3, -0.25) is 0 Å². The van der Waals surface area contributed by atoms with Gasteiger partial charge in [0, 0.05) is 22.1 Å². The number of benzene rings is 9. The van der Waals surface area contributed by atoms with Crippen LogP contribution < -0.4 is 4.90 Å². The van der Waals surface area contributed by atoms with E-state index in [2.05, 4.69) is 0 Å². The van der Waals surface area contributed by atoms with Crippen LogP contribution in [-0.4, -0.2) is 0 Å². The van der Waals surface area contributed by atoms with Crippen LogP contribution in [0.15, 0.2) is 217 Å². The molecule has 10 aromatic rings. The van der Waals surface area contributed by atoms with Gasteiger partial charge in [-0.1, -0.05) is 164 Å². The third kappa shape index (κ3) is 5.71. The fourth-order valence-electron chi connectivity index (χ4n) is 7.14. The zero-order valence-electron chi connectivity index (χ0n) is 36.9. The Morgan fingerprint density at radius 3 is 1.54 bits per heavy atom. The monoisotopic (exact) mass is 697 g/mol. The standard InChI is InChI=1S/C52H35NO/c1-3-11-36(12-4-1)38-21-23-39(24-22-38)40-25-30-45(31-26-40)53(46-32-27-41(28-33-46)44-17-9-16-43(35-44)37-13-5-2-6-14-37)49-19-10-20-50-51(49)48-34-29-42-15-7-8-18-47(42)52(48)54-50/h1-35H/i25D,26D,27D,28D,30D,31D,32D,33D. The van der Waals surface area contributed by atoms with Gasteiger partial charge in [0.05, 0.1) is 22.0 Å². The number of anilines is 3. The predicted molar refractivity (Wildman–Crippen MR) is 228 cm³/mol. The lowest BCUT2D eigenvalue weighted by atomic mass is 9.98. The van der Waals surface area contributed by atoms with Crippen LogP contribution in [0.1, 0.15) is 11.0 Å². The van der Waals surface area contributed by atoms with Gasteiger partial charge in [0.15, 0.2) is 0 Å². The molecular weight excluding hydrogens is 655 g/mol. The summed E-state index contributed by atoms with van der Waals surface area (Å²) in [5.74, 6) is 0. The molecule has 0 bridgehead atoms. The third-order valence-electron chi connectivity index (χ3n) is 9.82. The summed E-state index contributed by atoms with van der Waals surface area (Å²) in [6.07, 6.45) is 0. The topological polar surface area (TPSA) is 16.4 Å². The summed E-state index contributed by atoms with van der Waals surface area (Å²) >= 11 is 0. The van der Waals surface area contributed by atoms with Crippen LogP contribution in [0.3, 0.4) is 0 Å². The van der Waals surface area contributed by atoms with Crippen LogP contribution in [-0.2, 0) is 0 Å². The first-order valence-electron chi connectivity index (χ1n) is 21.8. The molecule has 254 valence electrons. The lowest BCUT2D eigenvalue weighted by Gasteiger charge is -2.26. The highest BCUT2D eigenvalue weighted by Crippen LogP contribution is 2.45. The van der Waals surface area contributed by atoms with E-state index in [1.54, 1.807) is 36.4 Å². The second-order valence-corrected chi connectivity index (χ2v) is 13.1. The number of furan rings is 1. The van der Waals surface area contributed by atoms with Gasteiger partial charge in [0.25, 0.3) is 0 Å². The first-order valence-corrected chi connectivity index (χ1v) is 17.8. The summed E-state index contributed by atoms with van der Waals surface area (Å²) < 4.78 is 82.9. The highest BCUT2D eigenvalue weighted by Gasteiger charge is 2.20. The average molecular weight is 698 g/mol. The molecule has 0 N–H and O–H groups in total. The van der Waals surface area contributed by atoms with E-state index in [1.807, 2.05) is 127 Å². The second-order valence-electron chi connectivity index (χ2n) is 13.1. The van der Waals surface area contributed by atoms with E-state index >= 15 is 0 Å². The fourth-order valence-corrected chi connectivity index (χ4v) is 7.14. The van der Waals surface area contributed by atoms with Gasteiger partial charge in [-0.05, 0) is 98.3 Å². The Morgan fingerprint density at radius 1 is 0.370 bits per heavy atom. The van der Waals surface area contributed by atoms with Gasteiger partial charge in [0.1, 0.15) is 11.2 Å². The van der Waals surface area contributed by atoms with Gasteiger partial charge < -0.3 is 9.32 Å². The molecule has 0 unspecified atom stereocenters. The minimum absolute atomic E-state index is 0.0915. The van der Waals surface area contributed by atoms with Crippen LogP contribution in [0.5, 0.6) is 0 Å². The Morgan fingerprint density at radius 2 is 0.870 bits per heavy atom. The van der Waals surface area contributed by atoms with Gasteiger partial charge in [-0.2, -0.15) is 0 Å². The maximum atomic E-state index is 9.66. The summed E-state index contributed by atoms with van der Waals surface area (Å²) in [6, 6.07) is 48.1. The molecule has 0 saturated heterocycles. The molecule has 0 spiro atoms. The predicted octanol–water partition coefficient (Wildman–Crippen LogP) is 14.9. The van der Waals surface area contributed by atoms with Crippen molar-refractivity contribution in [3.63, 3.8) is 0 Å². The van der Waals surface area contributed by atoms with Crippen molar-refractivity contribution in [2.75, 3.05) is 4.90 Å². The molecule has 1 heterocycles. The first-order chi connectivity index (χ1) is 30.1. The molecule has 0 aliphatic carbocycles. The minimum atomic E-state index is -0.418. The van der Waals surface area contributed by atoms with Crippen LogP contribution in [0.4, 0.5) is 17.1 Å². The molecule has 0 radical (unpaired) electrons. The maximum absolute atomic E-state index is 9.66. The second kappa shape index (κ2) is 13.4. The molecule has 10 rings (SSSR count). The van der Waals surface area contributed by atoms with Gasteiger partial charge in [-0.25, -0.2) is 0 Å². The molecule has 0 aliphatic rings. The zero-order chi connectivity index (χ0) is 42.8. The molecule has 54 heavy (non-hydrogen) atoms. The first kappa shape index (κ1) is 24.2. The van der Waals surface area contributed by atoms with E-state index in [0.717, 1.165) is 33.0 Å². The van der Waals surface area contributed by atoms with E-state index < -0.39 is 24.2 Å². The highest BCUT2D eigenvalue weighted by atomic mass is 16.3. The largest absolute Gasteiger partial charge is 0.455 e. The molecule has 0 fully saturated rings. The molecule has 2 nitrogen and oxygen atoms in total. The summed E-state index contributed by atoms with van der Waals surface area (Å²) in [5, 5.41) is 3.05. The maximum Gasteiger partial charge on any atom is 0.143 e. The summed E-state index contributed by atoms with van der Waals surface area (Å²) in [4.78, 5) is 1.36. The van der Waals surface area contributed by atoms with Crippen molar-refractivity contribution in [3.05, 3.63) is 212 Å². The van der Waals surface area contributed by atoms with Gasteiger partial charge in [0.2, 0.25) is 0 Å². The SMILES string of the molecule is [2H]c1c([2H])c(N(c2c([2H])c([2H])c(-c3cccc(-c4ccccc4)c3)c([2H])c2[2H])c2cccc3oc4c5ccccc5ccc4c23)c([2H])c([2H])c1-c1ccc(-c2ccccc2)cc1. The van der Waals surface area contributed by atoms with Crippen molar-refractivity contribution >= 4 is 49.8 Å². The Kier molecular flexibility index (Phi) is 6.01. The zero-order valence-corrected chi connectivity index (χ0v) is 28.9. The highest BCUT2D eigenvalue weighted by molar-refractivity contribution is 6.19. The van der Waals surface area contributed by atoms with Gasteiger partial charge >= 0.3 is 0 Å². The Balaban J connectivity index is 1.23. The van der Waals surface area contributed by atoms with Crippen molar-refractivity contribution in [3.8, 4) is 44.5 Å². The van der Waals surface area contributed by atoms with Crippen molar-refractivity contribution in [2.24, 2.45) is 0 Å². The Labute approximate surface area is 326 Å². The van der Waals surface area contributed by atoms with E-state index in [-0.39, 0.29) is 46.7 Å². The average Bonchev–Trinajstić information content (AvgIpc) is 3.71. The quantitative estimate of drug-likeness (QED) is 0.165. The van der Waals surface area contributed by atoms with Gasteiger partial charge in [-0.15, -0.1) is 0 Å². The number of hydrogen-bond acceptors (Lipinski definition) is 2. The molecule has 0 amide bonds. The van der Waals surface area contributed by atoms with Crippen molar-refractivity contribution in [1.82, 2.24) is 0 Å². The Hall–Kier alpha value is -7.16. The molecule has 2 heteroatoms. The lowest BCUT2D eigenvalue weighted by molar-refractivity contribution is 0.672. The summed E-state index contributed by atoms with van der Waals surface area (Å²) in [6.45, 7) is 0. The molecule has 0 saturated carbocycles. The summed E-state index contributed by atoms with van der Waals surface area (Å²) in [7, 11) is 0. The Bertz CT molecular complexity index is 3330. The minimum Gasteiger partial charge on any atom is -0.455 e. The van der Waals surface area contributed by atoms with Crippen LogP contribution in [0.25, 0.3) is 77.2 Å². The normalized spacial score (nSPS) is 13.4. The van der Waals surface area contributed by atoms with E-state index in [0.29, 0.717) is 38.8 Å². The van der Waals surface area contributed by atoms with Crippen LogP contribution >= 0.6 is 0 Å². The lowest BCUT2D eigenvalue weighted by Crippen LogP contribution is -2.10. The number of hydrogen-bond donors (Lipinski definition) is 0. The number of fused-ring (bicyclic) bond motifs is 5. The number of nitrogens with zero attached hydrogens (tertiary/aromatic N) is 1. The van der Waals surface area contributed by atoms with Crippen LogP contribution in [0.2, 0.25) is 0 Å². The van der Waals surface area contributed by atoms with E-state index in [1.165, 1.54) is 4.90 Å². The molecular formula is C52H35NO. The molecule has 0 aliphatic heterocycles. The van der Waals surface area contributed by atoms with E-state index in [4.69, 9.17) is 4.42 Å². The van der Waals surface area contributed by atoms with E-state index in [9.17, 15) is 11.0 Å². The van der Waals surface area contributed by atoms with Crippen molar-refractivity contribution in [2.45, 2.75) is 0 Å². The smallest absolute Gasteiger partial charge is 0.143 e. The summed E-state index contributed by atoms with van der Waals surface area (Å²) in [5.41, 5.74) is 5.74. The van der Waals surface area contributed by atoms with Crippen LogP contribution in [0, 0.1) is 0 Å². The number of rotatable bonds is 7. The third-order valence-corrected chi connectivity index (χ3v) is 9.82.